The van der Waals surface area contributed by atoms with Crippen LogP contribution in [-0.2, 0) is 6.54 Å². The number of aromatic nitrogens is 1. The summed E-state index contributed by atoms with van der Waals surface area (Å²) < 4.78 is 15.0. The Morgan fingerprint density at radius 2 is 2.00 bits per heavy atom. The van der Waals surface area contributed by atoms with Gasteiger partial charge in [-0.3, -0.25) is 9.59 Å². The molecule has 0 spiro atoms. The highest BCUT2D eigenvalue weighted by atomic mass is 19.1. The minimum Gasteiger partial charge on any atom is -0.350 e. The summed E-state index contributed by atoms with van der Waals surface area (Å²) in [7, 11) is 0. The van der Waals surface area contributed by atoms with Crippen molar-refractivity contribution in [3.63, 3.8) is 0 Å². The van der Waals surface area contributed by atoms with E-state index in [9.17, 15) is 14.0 Å². The molecular weight excluding hydrogens is 319 g/mol. The van der Waals surface area contributed by atoms with Gasteiger partial charge in [0.2, 0.25) is 0 Å². The van der Waals surface area contributed by atoms with Gasteiger partial charge in [0, 0.05) is 13.1 Å². The predicted octanol–water partition coefficient (Wildman–Crippen LogP) is 3.86. The number of amides is 1. The van der Waals surface area contributed by atoms with Crippen LogP contribution in [-0.4, -0.2) is 17.0 Å². The number of carbonyl (C=O) groups excluding carboxylic acids is 1. The Morgan fingerprint density at radius 3 is 2.72 bits per heavy atom. The Bertz CT molecular complexity index is 822. The number of nitrogens with one attached hydrogen (secondary N) is 1. The largest absolute Gasteiger partial charge is 0.350 e. The molecule has 1 N–H and O–H groups in total. The molecule has 0 unspecified atom stereocenters. The molecular formula is C20H25FN2O2. The summed E-state index contributed by atoms with van der Waals surface area (Å²) in [4.78, 5) is 25.4. The summed E-state index contributed by atoms with van der Waals surface area (Å²) in [6, 6.07) is 5.81. The van der Waals surface area contributed by atoms with Crippen LogP contribution in [0.5, 0.6) is 0 Å². The number of rotatable bonds is 5. The Labute approximate surface area is 147 Å². The topological polar surface area (TPSA) is 51.1 Å². The van der Waals surface area contributed by atoms with Gasteiger partial charge in [-0.2, -0.15) is 0 Å². The summed E-state index contributed by atoms with van der Waals surface area (Å²) in [6.45, 7) is 3.05. The highest BCUT2D eigenvalue weighted by Crippen LogP contribution is 2.23. The molecule has 2 aromatic rings. The maximum atomic E-state index is 13.5. The van der Waals surface area contributed by atoms with Crippen molar-refractivity contribution in [1.82, 2.24) is 9.88 Å². The van der Waals surface area contributed by atoms with E-state index < -0.39 is 5.82 Å². The zero-order valence-electron chi connectivity index (χ0n) is 14.7. The Morgan fingerprint density at radius 1 is 1.24 bits per heavy atom. The minimum absolute atomic E-state index is 0.220. The first-order chi connectivity index (χ1) is 12.1. The Kier molecular flexibility index (Phi) is 5.51. The van der Waals surface area contributed by atoms with Crippen LogP contribution in [0.25, 0.3) is 10.8 Å². The normalized spacial score (nSPS) is 15.4. The fourth-order valence-corrected chi connectivity index (χ4v) is 3.67. The molecule has 0 bridgehead atoms. The summed E-state index contributed by atoms with van der Waals surface area (Å²) in [5.74, 6) is -0.136. The molecule has 1 amide bonds. The molecule has 1 fully saturated rings. The van der Waals surface area contributed by atoms with Crippen LogP contribution in [0, 0.1) is 11.7 Å². The quantitative estimate of drug-likeness (QED) is 0.895. The molecule has 1 aliphatic carbocycles. The van der Waals surface area contributed by atoms with Crippen LogP contribution < -0.4 is 10.9 Å². The molecule has 1 aromatic heterocycles. The van der Waals surface area contributed by atoms with E-state index in [-0.39, 0.29) is 11.5 Å². The minimum atomic E-state index is -0.442. The fourth-order valence-electron chi connectivity index (χ4n) is 3.67. The van der Waals surface area contributed by atoms with Crippen molar-refractivity contribution in [1.29, 1.82) is 0 Å². The Hall–Kier alpha value is -2.17. The maximum absolute atomic E-state index is 13.5. The van der Waals surface area contributed by atoms with Crippen LogP contribution >= 0.6 is 0 Å². The van der Waals surface area contributed by atoms with Gasteiger partial charge in [-0.15, -0.1) is 0 Å². The van der Waals surface area contributed by atoms with Gasteiger partial charge in [-0.25, -0.2) is 4.39 Å². The van der Waals surface area contributed by atoms with E-state index in [0.717, 1.165) is 19.3 Å². The van der Waals surface area contributed by atoms with Crippen molar-refractivity contribution in [2.45, 2.75) is 52.0 Å². The molecule has 0 atom stereocenters. The number of pyridine rings is 1. The second-order valence-electron chi connectivity index (χ2n) is 6.93. The molecule has 1 saturated carbocycles. The molecule has 3 rings (SSSR count). The third-order valence-corrected chi connectivity index (χ3v) is 5.03. The summed E-state index contributed by atoms with van der Waals surface area (Å²) in [6.07, 6.45) is 6.76. The number of hydrogen-bond acceptors (Lipinski definition) is 2. The number of nitrogens with zero attached hydrogens (tertiary/aromatic N) is 1. The average molecular weight is 344 g/mol. The van der Waals surface area contributed by atoms with Gasteiger partial charge in [0.15, 0.2) is 0 Å². The first-order valence-corrected chi connectivity index (χ1v) is 9.21. The van der Waals surface area contributed by atoms with E-state index in [2.05, 4.69) is 5.32 Å². The predicted molar refractivity (Wildman–Crippen MR) is 97.4 cm³/mol. The van der Waals surface area contributed by atoms with Gasteiger partial charge in [-0.1, -0.05) is 32.3 Å². The molecule has 0 aliphatic heterocycles. The third-order valence-electron chi connectivity index (χ3n) is 5.03. The first-order valence-electron chi connectivity index (χ1n) is 9.21. The van der Waals surface area contributed by atoms with Gasteiger partial charge >= 0.3 is 0 Å². The molecule has 0 radical (unpaired) electrons. The molecule has 1 aliphatic rings. The molecule has 134 valence electrons. The van der Waals surface area contributed by atoms with E-state index in [1.165, 1.54) is 36.0 Å². The summed E-state index contributed by atoms with van der Waals surface area (Å²) >= 11 is 0. The standard InChI is InChI=1S/C20H25FN2O2/c1-2-10-23-18(19(24)22-13-14-6-4-3-5-7-14)11-15-8-9-16(21)12-17(15)20(23)25/h8-9,11-12,14H,2-7,10,13H2,1H3,(H,22,24). The van der Waals surface area contributed by atoms with Gasteiger partial charge in [0.05, 0.1) is 5.39 Å². The van der Waals surface area contributed by atoms with E-state index >= 15 is 0 Å². The lowest BCUT2D eigenvalue weighted by Gasteiger charge is -2.22. The summed E-state index contributed by atoms with van der Waals surface area (Å²) in [5, 5.41) is 3.91. The fraction of sp³-hybridized carbons (Fsp3) is 0.500. The first kappa shape index (κ1) is 17.6. The highest BCUT2D eigenvalue weighted by molar-refractivity contribution is 5.96. The number of carbonyl (C=O) groups is 1. The molecule has 4 nitrogen and oxygen atoms in total. The summed E-state index contributed by atoms with van der Waals surface area (Å²) in [5.41, 5.74) is 0.0587. The van der Waals surface area contributed by atoms with Crippen molar-refractivity contribution < 1.29 is 9.18 Å². The maximum Gasteiger partial charge on any atom is 0.268 e. The van der Waals surface area contributed by atoms with Crippen molar-refractivity contribution in [2.75, 3.05) is 6.54 Å². The number of halogens is 1. The smallest absolute Gasteiger partial charge is 0.268 e. The lowest BCUT2D eigenvalue weighted by atomic mass is 9.89. The van der Waals surface area contributed by atoms with Crippen LogP contribution in [0.4, 0.5) is 4.39 Å². The van der Waals surface area contributed by atoms with Crippen LogP contribution in [0.1, 0.15) is 55.9 Å². The van der Waals surface area contributed by atoms with Crippen molar-refractivity contribution in [3.8, 4) is 0 Å². The van der Waals surface area contributed by atoms with Gasteiger partial charge in [0.25, 0.3) is 11.5 Å². The zero-order valence-corrected chi connectivity index (χ0v) is 14.7. The van der Waals surface area contributed by atoms with Crippen LogP contribution in [0.3, 0.4) is 0 Å². The second kappa shape index (κ2) is 7.81. The van der Waals surface area contributed by atoms with Crippen molar-refractivity contribution in [3.05, 3.63) is 46.1 Å². The van der Waals surface area contributed by atoms with Crippen LogP contribution in [0.2, 0.25) is 0 Å². The lowest BCUT2D eigenvalue weighted by Crippen LogP contribution is -2.35. The monoisotopic (exact) mass is 344 g/mol. The average Bonchev–Trinajstić information content (AvgIpc) is 2.63. The SMILES string of the molecule is CCCn1c(C(=O)NCC2CCCCC2)cc2ccc(F)cc2c1=O. The Balaban J connectivity index is 1.90. The molecule has 5 heteroatoms. The van der Waals surface area contributed by atoms with Gasteiger partial charge in [0.1, 0.15) is 11.5 Å². The highest BCUT2D eigenvalue weighted by Gasteiger charge is 2.18. The second-order valence-corrected chi connectivity index (χ2v) is 6.93. The number of fused-ring (bicyclic) bond motifs is 1. The van der Waals surface area contributed by atoms with Crippen molar-refractivity contribution in [2.24, 2.45) is 5.92 Å². The van der Waals surface area contributed by atoms with Crippen LogP contribution in [0.15, 0.2) is 29.1 Å². The van der Waals surface area contributed by atoms with Gasteiger partial charge < -0.3 is 9.88 Å². The molecule has 1 aromatic carbocycles. The van der Waals surface area contributed by atoms with E-state index in [1.54, 1.807) is 12.1 Å². The molecule has 25 heavy (non-hydrogen) atoms. The van der Waals surface area contributed by atoms with E-state index in [1.807, 2.05) is 6.92 Å². The lowest BCUT2D eigenvalue weighted by molar-refractivity contribution is 0.0933. The number of benzene rings is 1. The van der Waals surface area contributed by atoms with Gasteiger partial charge in [-0.05, 0) is 48.8 Å². The zero-order chi connectivity index (χ0) is 17.8. The third kappa shape index (κ3) is 3.91. The molecule has 1 heterocycles. The molecule has 0 saturated heterocycles. The van der Waals surface area contributed by atoms with E-state index in [4.69, 9.17) is 0 Å². The number of hydrogen-bond donors (Lipinski definition) is 1. The van der Waals surface area contributed by atoms with E-state index in [0.29, 0.717) is 35.5 Å². The van der Waals surface area contributed by atoms with Crippen molar-refractivity contribution >= 4 is 16.7 Å².